The summed E-state index contributed by atoms with van der Waals surface area (Å²) in [5, 5.41) is 7.41. The minimum Gasteiger partial charge on any atom is -0.493 e. The Bertz CT molecular complexity index is 1140. The molecule has 0 bridgehead atoms. The summed E-state index contributed by atoms with van der Waals surface area (Å²) in [6.45, 7) is 2.31. The maximum Gasteiger partial charge on any atom is 0.339 e. The number of hydrazone groups is 1. The Morgan fingerprint density at radius 1 is 1.06 bits per heavy atom. The Balaban J connectivity index is 1.63. The molecular weight excluding hydrogens is 562 g/mol. The molecule has 3 aromatic carbocycles. The van der Waals surface area contributed by atoms with Gasteiger partial charge in [-0.2, -0.15) is 5.10 Å². The zero-order valence-corrected chi connectivity index (χ0v) is 21.2. The maximum atomic E-state index is 12.1. The van der Waals surface area contributed by atoms with Crippen LogP contribution in [-0.2, 0) is 6.61 Å². The van der Waals surface area contributed by atoms with Crippen molar-refractivity contribution in [2.24, 2.45) is 5.10 Å². The highest BCUT2D eigenvalue weighted by Gasteiger charge is 2.10. The van der Waals surface area contributed by atoms with E-state index in [4.69, 9.17) is 21.1 Å². The van der Waals surface area contributed by atoms with Crippen molar-refractivity contribution in [2.75, 3.05) is 12.4 Å². The number of amides is 2. The van der Waals surface area contributed by atoms with E-state index in [-0.39, 0.29) is 0 Å². The van der Waals surface area contributed by atoms with Gasteiger partial charge in [0, 0.05) is 25.2 Å². The van der Waals surface area contributed by atoms with Crippen LogP contribution in [0.1, 0.15) is 16.7 Å². The van der Waals surface area contributed by atoms with Gasteiger partial charge in [0.25, 0.3) is 0 Å². The molecule has 0 aliphatic rings. The number of aryl methyl sites for hydroxylation is 1. The molecule has 0 atom stereocenters. The summed E-state index contributed by atoms with van der Waals surface area (Å²) >= 11 is 12.9. The number of nitrogens with one attached hydrogen (secondary N) is 2. The lowest BCUT2D eigenvalue weighted by atomic mass is 10.2. The van der Waals surface area contributed by atoms with E-state index in [0.717, 1.165) is 20.1 Å². The van der Waals surface area contributed by atoms with Crippen molar-refractivity contribution in [2.45, 2.75) is 13.5 Å². The quantitative estimate of drug-likeness (QED) is 0.235. The largest absolute Gasteiger partial charge is 0.493 e. The molecule has 0 spiro atoms. The second kappa shape index (κ2) is 11.4. The van der Waals surface area contributed by atoms with Gasteiger partial charge in [-0.15, -0.1) is 0 Å². The molecule has 3 aromatic rings. The van der Waals surface area contributed by atoms with Gasteiger partial charge >= 0.3 is 6.03 Å². The van der Waals surface area contributed by atoms with Crippen molar-refractivity contribution in [1.29, 1.82) is 0 Å². The summed E-state index contributed by atoms with van der Waals surface area (Å²) in [5.41, 5.74) is 5.82. The van der Waals surface area contributed by atoms with E-state index in [1.807, 2.05) is 43.3 Å². The van der Waals surface area contributed by atoms with E-state index >= 15 is 0 Å². The number of rotatable bonds is 7. The highest BCUT2D eigenvalue weighted by molar-refractivity contribution is 9.10. The summed E-state index contributed by atoms with van der Waals surface area (Å²) in [5.74, 6) is 1.11. The smallest absolute Gasteiger partial charge is 0.339 e. The first-order valence-corrected chi connectivity index (χ1v) is 11.4. The minimum atomic E-state index is -0.450. The predicted octanol–water partition coefficient (Wildman–Crippen LogP) is 6.92. The number of methoxy groups -OCH3 is 1. The van der Waals surface area contributed by atoms with E-state index in [1.54, 1.807) is 25.3 Å². The Labute approximate surface area is 208 Å². The number of urea groups is 1. The van der Waals surface area contributed by atoms with E-state index in [1.165, 1.54) is 6.21 Å². The lowest BCUT2D eigenvalue weighted by Crippen LogP contribution is -2.24. The highest BCUT2D eigenvalue weighted by atomic mass is 79.9. The van der Waals surface area contributed by atoms with Gasteiger partial charge in [-0.25, -0.2) is 10.2 Å². The number of ether oxygens (including phenoxy) is 2. The van der Waals surface area contributed by atoms with Crippen LogP contribution in [0, 0.1) is 6.92 Å². The van der Waals surface area contributed by atoms with Crippen LogP contribution in [0.5, 0.6) is 11.5 Å². The van der Waals surface area contributed by atoms with Crippen molar-refractivity contribution in [3.8, 4) is 11.5 Å². The summed E-state index contributed by atoms with van der Waals surface area (Å²) in [4.78, 5) is 12.1. The number of carbonyl (C=O) groups is 1. The van der Waals surface area contributed by atoms with E-state index in [0.29, 0.717) is 34.4 Å². The zero-order valence-electron chi connectivity index (χ0n) is 17.3. The first kappa shape index (κ1) is 24.1. The first-order valence-electron chi connectivity index (χ1n) is 9.46. The van der Waals surface area contributed by atoms with Gasteiger partial charge in [-0.3, -0.25) is 0 Å². The van der Waals surface area contributed by atoms with Crippen LogP contribution in [-0.4, -0.2) is 19.4 Å². The number of halogens is 3. The molecule has 0 saturated carbocycles. The first-order chi connectivity index (χ1) is 15.4. The number of anilines is 1. The van der Waals surface area contributed by atoms with Crippen LogP contribution >= 0.6 is 43.5 Å². The molecule has 0 unspecified atom stereocenters. The Morgan fingerprint density at radius 2 is 1.81 bits per heavy atom. The van der Waals surface area contributed by atoms with E-state index < -0.39 is 6.03 Å². The van der Waals surface area contributed by atoms with Gasteiger partial charge in [0.05, 0.1) is 13.3 Å². The average molecular weight is 582 g/mol. The van der Waals surface area contributed by atoms with Crippen LogP contribution < -0.4 is 20.2 Å². The second-order valence-electron chi connectivity index (χ2n) is 6.73. The standard InChI is InChI=1S/C23H20Br2ClN3O3/c1-14-9-18(7-8-19(14)24)28-23(30)29-27-12-16-10-21(31-2)22(11-20(16)25)32-13-15-3-5-17(26)6-4-15/h3-12H,13H2,1-2H3,(H2,28,29,30)/b27-12+. The van der Waals surface area contributed by atoms with E-state index in [9.17, 15) is 4.79 Å². The van der Waals surface area contributed by atoms with Crippen LogP contribution in [0.3, 0.4) is 0 Å². The molecule has 0 aliphatic carbocycles. The van der Waals surface area contributed by atoms with Crippen molar-refractivity contribution in [1.82, 2.24) is 5.43 Å². The minimum absolute atomic E-state index is 0.366. The Morgan fingerprint density at radius 3 is 2.50 bits per heavy atom. The van der Waals surface area contributed by atoms with Gasteiger partial charge in [0.1, 0.15) is 6.61 Å². The number of carbonyl (C=O) groups excluding carboxylic acids is 1. The molecular formula is C23H20Br2ClN3O3. The number of hydrogen-bond acceptors (Lipinski definition) is 4. The normalized spacial score (nSPS) is 10.8. The van der Waals surface area contributed by atoms with Crippen LogP contribution in [0.4, 0.5) is 10.5 Å². The number of nitrogens with zero attached hydrogens (tertiary/aromatic N) is 1. The van der Waals surface area contributed by atoms with Gasteiger partial charge in [0.15, 0.2) is 11.5 Å². The predicted molar refractivity (Wildman–Crippen MR) is 135 cm³/mol. The molecule has 2 amide bonds. The molecule has 0 fully saturated rings. The fourth-order valence-electron chi connectivity index (χ4n) is 2.71. The zero-order chi connectivity index (χ0) is 23.1. The lowest BCUT2D eigenvalue weighted by Gasteiger charge is -2.13. The molecule has 2 N–H and O–H groups in total. The molecule has 0 aliphatic heterocycles. The van der Waals surface area contributed by atoms with Crippen molar-refractivity contribution in [3.05, 3.63) is 85.3 Å². The average Bonchev–Trinajstić information content (AvgIpc) is 2.77. The topological polar surface area (TPSA) is 72.0 Å². The van der Waals surface area contributed by atoms with Gasteiger partial charge in [0.2, 0.25) is 0 Å². The lowest BCUT2D eigenvalue weighted by molar-refractivity contribution is 0.252. The second-order valence-corrected chi connectivity index (χ2v) is 8.87. The third-order valence-corrected chi connectivity index (χ3v) is 6.20. The number of benzene rings is 3. The molecule has 9 heteroatoms. The fourth-order valence-corrected chi connectivity index (χ4v) is 3.50. The summed E-state index contributed by atoms with van der Waals surface area (Å²) < 4.78 is 13.0. The van der Waals surface area contributed by atoms with Crippen LogP contribution in [0.2, 0.25) is 5.02 Å². The fraction of sp³-hybridized carbons (Fsp3) is 0.130. The van der Waals surface area contributed by atoms with Crippen LogP contribution in [0.25, 0.3) is 0 Å². The molecule has 0 radical (unpaired) electrons. The third kappa shape index (κ3) is 6.72. The Kier molecular flexibility index (Phi) is 8.55. The molecule has 3 rings (SSSR count). The molecule has 32 heavy (non-hydrogen) atoms. The van der Waals surface area contributed by atoms with Crippen molar-refractivity contribution in [3.63, 3.8) is 0 Å². The SMILES string of the molecule is COc1cc(/C=N/NC(=O)Nc2ccc(Br)c(C)c2)c(Br)cc1OCc1ccc(Cl)cc1. The molecule has 166 valence electrons. The molecule has 0 heterocycles. The Hall–Kier alpha value is -2.55. The highest BCUT2D eigenvalue weighted by Crippen LogP contribution is 2.33. The van der Waals surface area contributed by atoms with Gasteiger partial charge < -0.3 is 14.8 Å². The molecule has 6 nitrogen and oxygen atoms in total. The number of hydrogen-bond donors (Lipinski definition) is 2. The van der Waals surface area contributed by atoms with Crippen molar-refractivity contribution < 1.29 is 14.3 Å². The summed E-state index contributed by atoms with van der Waals surface area (Å²) in [7, 11) is 1.56. The van der Waals surface area contributed by atoms with E-state index in [2.05, 4.69) is 47.7 Å². The van der Waals surface area contributed by atoms with Gasteiger partial charge in [-0.05, 0) is 76.4 Å². The molecule has 0 aromatic heterocycles. The van der Waals surface area contributed by atoms with Crippen LogP contribution in [0.15, 0.2) is 68.6 Å². The summed E-state index contributed by atoms with van der Waals surface area (Å²) in [6, 6.07) is 16.1. The summed E-state index contributed by atoms with van der Waals surface area (Å²) in [6.07, 6.45) is 1.52. The maximum absolute atomic E-state index is 12.1. The van der Waals surface area contributed by atoms with Gasteiger partial charge in [-0.1, -0.05) is 39.7 Å². The third-order valence-electron chi connectivity index (χ3n) is 4.38. The van der Waals surface area contributed by atoms with Crippen molar-refractivity contribution >= 4 is 61.4 Å². The monoisotopic (exact) mass is 579 g/mol. The molecule has 0 saturated heterocycles.